The SMILES string of the molecule is Cc1nn(-c2ccc(Br)cc2)c(C)c1C(=O)Nc1cccc(CN2CCCCC2=O)c1. The first-order valence-corrected chi connectivity index (χ1v) is 11.2. The molecule has 0 radical (unpaired) electrons. The molecule has 31 heavy (non-hydrogen) atoms. The molecule has 6 nitrogen and oxygen atoms in total. The summed E-state index contributed by atoms with van der Waals surface area (Å²) >= 11 is 3.44. The summed E-state index contributed by atoms with van der Waals surface area (Å²) in [7, 11) is 0. The quantitative estimate of drug-likeness (QED) is 0.557. The number of halogens is 1. The van der Waals surface area contributed by atoms with E-state index in [0.29, 0.717) is 29.9 Å². The van der Waals surface area contributed by atoms with Crippen LogP contribution in [0.5, 0.6) is 0 Å². The monoisotopic (exact) mass is 480 g/mol. The van der Waals surface area contributed by atoms with E-state index < -0.39 is 0 Å². The van der Waals surface area contributed by atoms with E-state index in [1.54, 1.807) is 4.68 Å². The van der Waals surface area contributed by atoms with E-state index in [0.717, 1.165) is 40.8 Å². The van der Waals surface area contributed by atoms with Gasteiger partial charge in [-0.3, -0.25) is 9.59 Å². The van der Waals surface area contributed by atoms with Crippen molar-refractivity contribution in [2.24, 2.45) is 0 Å². The van der Waals surface area contributed by atoms with Crippen LogP contribution in [0.1, 0.15) is 46.6 Å². The van der Waals surface area contributed by atoms with Gasteiger partial charge in [-0.2, -0.15) is 5.10 Å². The number of likely N-dealkylation sites (tertiary alicyclic amines) is 1. The molecule has 0 spiro atoms. The predicted molar refractivity (Wildman–Crippen MR) is 124 cm³/mol. The summed E-state index contributed by atoms with van der Waals surface area (Å²) in [6, 6.07) is 15.5. The van der Waals surface area contributed by atoms with Crippen molar-refractivity contribution in [3.05, 3.63) is 75.5 Å². The maximum atomic E-state index is 13.1. The molecular formula is C24H25BrN4O2. The van der Waals surface area contributed by atoms with Crippen LogP contribution >= 0.6 is 15.9 Å². The lowest BCUT2D eigenvalue weighted by atomic mass is 10.1. The number of nitrogens with zero attached hydrogens (tertiary/aromatic N) is 3. The Hall–Kier alpha value is -2.93. The van der Waals surface area contributed by atoms with Gasteiger partial charge in [0.25, 0.3) is 5.91 Å². The Kier molecular flexibility index (Phi) is 6.23. The second kappa shape index (κ2) is 9.06. The Balaban J connectivity index is 1.52. The van der Waals surface area contributed by atoms with Gasteiger partial charge in [0, 0.05) is 29.7 Å². The highest BCUT2D eigenvalue weighted by atomic mass is 79.9. The summed E-state index contributed by atoms with van der Waals surface area (Å²) in [5.41, 5.74) is 4.64. The van der Waals surface area contributed by atoms with Crippen LogP contribution in [-0.2, 0) is 11.3 Å². The minimum atomic E-state index is -0.190. The van der Waals surface area contributed by atoms with E-state index in [-0.39, 0.29) is 11.8 Å². The number of rotatable bonds is 5. The molecule has 1 fully saturated rings. The Labute approximate surface area is 190 Å². The molecule has 4 rings (SSSR count). The third-order valence-electron chi connectivity index (χ3n) is 5.57. The largest absolute Gasteiger partial charge is 0.338 e. The molecule has 0 saturated carbocycles. The Morgan fingerprint density at radius 3 is 2.65 bits per heavy atom. The van der Waals surface area contributed by atoms with Gasteiger partial charge in [0.1, 0.15) is 0 Å². The summed E-state index contributed by atoms with van der Waals surface area (Å²) in [6.45, 7) is 5.11. The van der Waals surface area contributed by atoms with Gasteiger partial charge in [-0.1, -0.05) is 28.1 Å². The van der Waals surface area contributed by atoms with Gasteiger partial charge in [0.15, 0.2) is 0 Å². The fraction of sp³-hybridized carbons (Fsp3) is 0.292. The smallest absolute Gasteiger partial charge is 0.259 e. The molecule has 2 heterocycles. The second-order valence-corrected chi connectivity index (χ2v) is 8.78. The molecule has 0 atom stereocenters. The number of carbonyl (C=O) groups excluding carboxylic acids is 2. The lowest BCUT2D eigenvalue weighted by Gasteiger charge is -2.26. The zero-order chi connectivity index (χ0) is 22.0. The van der Waals surface area contributed by atoms with Crippen molar-refractivity contribution in [1.29, 1.82) is 0 Å². The molecule has 7 heteroatoms. The topological polar surface area (TPSA) is 67.2 Å². The molecule has 2 aromatic carbocycles. The van der Waals surface area contributed by atoms with Gasteiger partial charge in [-0.25, -0.2) is 4.68 Å². The van der Waals surface area contributed by atoms with Crippen LogP contribution in [-0.4, -0.2) is 33.0 Å². The fourth-order valence-electron chi connectivity index (χ4n) is 4.00. The Morgan fingerprint density at radius 2 is 1.90 bits per heavy atom. The first-order valence-electron chi connectivity index (χ1n) is 10.4. The van der Waals surface area contributed by atoms with Crippen LogP contribution in [0.3, 0.4) is 0 Å². The summed E-state index contributed by atoms with van der Waals surface area (Å²) in [6.07, 6.45) is 2.64. The number of aromatic nitrogens is 2. The van der Waals surface area contributed by atoms with Crippen molar-refractivity contribution in [3.63, 3.8) is 0 Å². The number of anilines is 1. The molecule has 1 aliphatic heterocycles. The van der Waals surface area contributed by atoms with Crippen LogP contribution in [0.25, 0.3) is 5.69 Å². The molecule has 1 N–H and O–H groups in total. The van der Waals surface area contributed by atoms with Gasteiger partial charge in [-0.15, -0.1) is 0 Å². The number of hydrogen-bond donors (Lipinski definition) is 1. The van der Waals surface area contributed by atoms with Gasteiger partial charge in [0.05, 0.1) is 22.6 Å². The zero-order valence-electron chi connectivity index (χ0n) is 17.7. The number of carbonyl (C=O) groups is 2. The average Bonchev–Trinajstić information content (AvgIpc) is 3.04. The van der Waals surface area contributed by atoms with Crippen LogP contribution in [0.2, 0.25) is 0 Å². The normalized spacial score (nSPS) is 14.0. The maximum Gasteiger partial charge on any atom is 0.259 e. The van der Waals surface area contributed by atoms with Crippen molar-refractivity contribution in [2.75, 3.05) is 11.9 Å². The highest BCUT2D eigenvalue weighted by Gasteiger charge is 2.21. The molecular weight excluding hydrogens is 456 g/mol. The summed E-state index contributed by atoms with van der Waals surface area (Å²) in [5.74, 6) is 0.0110. The van der Waals surface area contributed by atoms with Gasteiger partial charge >= 0.3 is 0 Å². The molecule has 160 valence electrons. The molecule has 0 aliphatic carbocycles. The van der Waals surface area contributed by atoms with Gasteiger partial charge < -0.3 is 10.2 Å². The minimum Gasteiger partial charge on any atom is -0.338 e. The third kappa shape index (κ3) is 4.71. The van der Waals surface area contributed by atoms with Crippen LogP contribution in [0.4, 0.5) is 5.69 Å². The first kappa shape index (κ1) is 21.3. The van der Waals surface area contributed by atoms with Gasteiger partial charge in [0.2, 0.25) is 5.91 Å². The van der Waals surface area contributed by atoms with E-state index in [1.807, 2.05) is 67.3 Å². The fourth-order valence-corrected chi connectivity index (χ4v) is 4.26. The second-order valence-electron chi connectivity index (χ2n) is 7.86. The Bertz CT molecular complexity index is 1120. The van der Waals surface area contributed by atoms with E-state index in [4.69, 9.17) is 0 Å². The molecule has 1 saturated heterocycles. The highest BCUT2D eigenvalue weighted by molar-refractivity contribution is 9.10. The first-order chi connectivity index (χ1) is 14.9. The molecule has 1 aromatic heterocycles. The van der Waals surface area contributed by atoms with Crippen molar-refractivity contribution in [1.82, 2.24) is 14.7 Å². The lowest BCUT2D eigenvalue weighted by Crippen LogP contribution is -2.34. The van der Waals surface area contributed by atoms with Gasteiger partial charge in [-0.05, 0) is 68.7 Å². The number of amides is 2. The summed E-state index contributed by atoms with van der Waals surface area (Å²) in [4.78, 5) is 27.1. The molecule has 0 bridgehead atoms. The Morgan fingerprint density at radius 1 is 1.13 bits per heavy atom. The zero-order valence-corrected chi connectivity index (χ0v) is 19.3. The predicted octanol–water partition coefficient (Wildman–Crippen LogP) is 5.02. The molecule has 0 unspecified atom stereocenters. The summed E-state index contributed by atoms with van der Waals surface area (Å²) < 4.78 is 2.77. The summed E-state index contributed by atoms with van der Waals surface area (Å²) in [5, 5.41) is 7.57. The molecule has 3 aromatic rings. The lowest BCUT2D eigenvalue weighted by molar-refractivity contribution is -0.133. The number of benzene rings is 2. The van der Waals surface area contributed by atoms with E-state index in [2.05, 4.69) is 26.3 Å². The van der Waals surface area contributed by atoms with Crippen LogP contribution in [0, 0.1) is 13.8 Å². The van der Waals surface area contributed by atoms with Crippen molar-refractivity contribution in [3.8, 4) is 5.69 Å². The van der Waals surface area contributed by atoms with Crippen LogP contribution < -0.4 is 5.32 Å². The van der Waals surface area contributed by atoms with Crippen molar-refractivity contribution >= 4 is 33.4 Å². The number of piperidine rings is 1. The van der Waals surface area contributed by atoms with Crippen molar-refractivity contribution in [2.45, 2.75) is 39.7 Å². The number of aryl methyl sites for hydroxylation is 1. The highest BCUT2D eigenvalue weighted by Crippen LogP contribution is 2.22. The average molecular weight is 481 g/mol. The van der Waals surface area contributed by atoms with E-state index in [1.165, 1.54) is 0 Å². The van der Waals surface area contributed by atoms with Crippen LogP contribution in [0.15, 0.2) is 53.0 Å². The number of nitrogens with one attached hydrogen (secondary N) is 1. The van der Waals surface area contributed by atoms with E-state index >= 15 is 0 Å². The third-order valence-corrected chi connectivity index (χ3v) is 6.10. The molecule has 1 aliphatic rings. The maximum absolute atomic E-state index is 13.1. The standard InChI is InChI=1S/C24H25BrN4O2/c1-16-23(17(2)29(27-16)21-11-9-19(25)10-12-21)24(31)26-20-7-5-6-18(14-20)15-28-13-4-3-8-22(28)30/h5-7,9-12,14H,3-4,8,13,15H2,1-2H3,(H,26,31). The van der Waals surface area contributed by atoms with Crippen molar-refractivity contribution < 1.29 is 9.59 Å². The number of hydrogen-bond acceptors (Lipinski definition) is 3. The van der Waals surface area contributed by atoms with E-state index in [9.17, 15) is 9.59 Å². The minimum absolute atomic E-state index is 0.190. The molecule has 2 amide bonds.